The smallest absolute Gasteiger partial charge is 0.416 e. The summed E-state index contributed by atoms with van der Waals surface area (Å²) in [5, 5.41) is 4.31. The van der Waals surface area contributed by atoms with Crippen LogP contribution >= 0.6 is 11.6 Å². The van der Waals surface area contributed by atoms with Crippen LogP contribution in [0.3, 0.4) is 0 Å². The second-order valence-corrected chi connectivity index (χ2v) is 8.65. The van der Waals surface area contributed by atoms with Gasteiger partial charge in [0.05, 0.1) is 24.7 Å². The molecule has 0 aliphatic heterocycles. The molecule has 37 heavy (non-hydrogen) atoms. The van der Waals surface area contributed by atoms with Crippen molar-refractivity contribution in [2.24, 2.45) is 0 Å². The highest BCUT2D eigenvalue weighted by atomic mass is 35.5. The van der Waals surface area contributed by atoms with Crippen molar-refractivity contribution in [3.05, 3.63) is 105 Å². The van der Waals surface area contributed by atoms with Gasteiger partial charge in [0, 0.05) is 23.7 Å². The van der Waals surface area contributed by atoms with Crippen LogP contribution in [0.1, 0.15) is 12.5 Å². The van der Waals surface area contributed by atoms with Crippen molar-refractivity contribution in [3.8, 4) is 11.5 Å². The van der Waals surface area contributed by atoms with Crippen LogP contribution in [0.5, 0.6) is 11.5 Å². The largest absolute Gasteiger partial charge is 0.497 e. The van der Waals surface area contributed by atoms with Gasteiger partial charge < -0.3 is 19.4 Å². The van der Waals surface area contributed by atoms with Crippen LogP contribution < -0.4 is 20.3 Å². The second kappa shape index (κ2) is 12.7. The molecule has 1 heterocycles. The number of halogens is 4. The van der Waals surface area contributed by atoms with Crippen molar-refractivity contribution in [2.45, 2.75) is 26.2 Å². The molecule has 0 radical (unpaired) electrons. The number of fused-ring (bicyclic) bond motifs is 1. The van der Waals surface area contributed by atoms with Crippen LogP contribution in [-0.4, -0.2) is 31.0 Å². The van der Waals surface area contributed by atoms with Crippen LogP contribution in [0.4, 0.5) is 13.2 Å². The second-order valence-electron chi connectivity index (χ2n) is 8.21. The molecule has 3 aromatic rings. The molecule has 3 rings (SSSR count). The van der Waals surface area contributed by atoms with Crippen molar-refractivity contribution in [1.82, 2.24) is 9.88 Å². The molecule has 0 saturated carbocycles. The van der Waals surface area contributed by atoms with E-state index in [2.05, 4.69) is 11.9 Å². The highest BCUT2D eigenvalue weighted by Gasteiger charge is 2.31. The number of allylic oxidation sites excluding steroid dienone is 3. The molecule has 0 atom stereocenters. The van der Waals surface area contributed by atoms with Crippen molar-refractivity contribution >= 4 is 22.5 Å². The average Bonchev–Trinajstić information content (AvgIpc) is 2.85. The molecule has 196 valence electrons. The van der Waals surface area contributed by atoms with Gasteiger partial charge in [-0.1, -0.05) is 36.4 Å². The van der Waals surface area contributed by atoms with E-state index in [1.54, 1.807) is 54.1 Å². The molecular weight excluding hydrogens is 505 g/mol. The molecular formula is C28H28ClF3N2O3. The Balaban J connectivity index is 1.76. The number of nitrogens with one attached hydrogen (secondary N) is 1. The third kappa shape index (κ3) is 7.74. The highest BCUT2D eigenvalue weighted by Crippen LogP contribution is 2.27. The fourth-order valence-corrected chi connectivity index (χ4v) is 3.88. The minimum absolute atomic E-state index is 0.0792. The van der Waals surface area contributed by atoms with Crippen molar-refractivity contribution in [2.75, 3.05) is 20.3 Å². The third-order valence-electron chi connectivity index (χ3n) is 5.48. The fourth-order valence-electron chi connectivity index (χ4n) is 3.71. The first-order valence-corrected chi connectivity index (χ1v) is 11.9. The maximum Gasteiger partial charge on any atom is 0.416 e. The average molecular weight is 533 g/mol. The van der Waals surface area contributed by atoms with Gasteiger partial charge in [-0.05, 0) is 66.4 Å². The van der Waals surface area contributed by atoms with Crippen molar-refractivity contribution < 1.29 is 22.6 Å². The molecule has 2 aromatic carbocycles. The Morgan fingerprint density at radius 1 is 1.14 bits per heavy atom. The van der Waals surface area contributed by atoms with Gasteiger partial charge in [0.2, 0.25) is 0 Å². The minimum Gasteiger partial charge on any atom is -0.497 e. The van der Waals surface area contributed by atoms with Crippen molar-refractivity contribution in [1.29, 1.82) is 0 Å². The summed E-state index contributed by atoms with van der Waals surface area (Å²) in [5.74, 6) is 1.34. The Labute approximate surface area is 218 Å². The number of hydrogen-bond acceptors (Lipinski definition) is 4. The molecule has 0 saturated heterocycles. The first kappa shape index (κ1) is 28.1. The van der Waals surface area contributed by atoms with Crippen LogP contribution in [0, 0.1) is 0 Å². The van der Waals surface area contributed by atoms with Crippen LogP contribution in [-0.2, 0) is 13.1 Å². The molecule has 0 fully saturated rings. The van der Waals surface area contributed by atoms with Crippen LogP contribution in [0.2, 0.25) is 5.02 Å². The Kier molecular flexibility index (Phi) is 9.60. The third-order valence-corrected chi connectivity index (χ3v) is 5.71. The zero-order chi connectivity index (χ0) is 27.0. The van der Waals surface area contributed by atoms with Gasteiger partial charge >= 0.3 is 6.18 Å². The Hall–Kier alpha value is -3.49. The Morgan fingerprint density at radius 3 is 2.49 bits per heavy atom. The summed E-state index contributed by atoms with van der Waals surface area (Å²) in [4.78, 5) is 13.3. The summed E-state index contributed by atoms with van der Waals surface area (Å²) >= 11 is 6.18. The summed E-state index contributed by atoms with van der Waals surface area (Å²) in [5.41, 5.74) is 0.329. The minimum atomic E-state index is -4.48. The maximum atomic E-state index is 13.3. The summed E-state index contributed by atoms with van der Waals surface area (Å²) in [6, 6.07) is 14.1. The van der Waals surface area contributed by atoms with Gasteiger partial charge in [0.25, 0.3) is 5.56 Å². The predicted octanol–water partition coefficient (Wildman–Crippen LogP) is 6.45. The normalized spacial score (nSPS) is 12.3. The zero-order valence-electron chi connectivity index (χ0n) is 20.6. The van der Waals surface area contributed by atoms with E-state index in [9.17, 15) is 18.0 Å². The molecule has 0 aliphatic carbocycles. The number of rotatable bonds is 11. The van der Waals surface area contributed by atoms with E-state index in [1.165, 1.54) is 13.0 Å². The molecule has 0 amide bonds. The fraction of sp³-hybridized carbons (Fsp3) is 0.250. The number of benzene rings is 2. The number of methoxy groups -OCH3 is 1. The lowest BCUT2D eigenvalue weighted by atomic mass is 10.1. The standard InChI is InChI=1S/C28H28ClF3N2O3/c1-4-5-22(28(30,31)32)14-19(2)17-33-18-21-15-20-6-7-23(29)16-26(20)34(27(21)35)12-13-37-25-10-8-24(36-3)9-11-25/h4-11,14-16,33H,2,12-13,17-18H2,1,3H3/b5-4-,22-14+. The number of ether oxygens (including phenoxy) is 2. The summed E-state index contributed by atoms with van der Waals surface area (Å²) in [6.07, 6.45) is -1.17. The van der Waals surface area contributed by atoms with Gasteiger partial charge in [-0.3, -0.25) is 4.79 Å². The molecule has 1 N–H and O–H groups in total. The van der Waals surface area contributed by atoms with E-state index in [1.807, 2.05) is 6.07 Å². The van der Waals surface area contributed by atoms with E-state index in [0.717, 1.165) is 17.5 Å². The van der Waals surface area contributed by atoms with Crippen LogP contribution in [0.15, 0.2) is 89.3 Å². The molecule has 5 nitrogen and oxygen atoms in total. The zero-order valence-corrected chi connectivity index (χ0v) is 21.3. The molecule has 0 spiro atoms. The Morgan fingerprint density at radius 2 is 1.84 bits per heavy atom. The first-order chi connectivity index (χ1) is 17.6. The number of hydrogen-bond donors (Lipinski definition) is 1. The lowest BCUT2D eigenvalue weighted by Crippen LogP contribution is -2.29. The van der Waals surface area contributed by atoms with Gasteiger partial charge in [0.15, 0.2) is 0 Å². The molecule has 1 aromatic heterocycles. The molecule has 9 heteroatoms. The maximum absolute atomic E-state index is 13.3. The Bertz CT molecular complexity index is 1360. The number of aromatic nitrogens is 1. The quantitative estimate of drug-likeness (QED) is 0.288. The first-order valence-electron chi connectivity index (χ1n) is 11.5. The monoisotopic (exact) mass is 532 g/mol. The number of pyridine rings is 1. The lowest BCUT2D eigenvalue weighted by molar-refractivity contribution is -0.0882. The number of alkyl halides is 3. The van der Waals surface area contributed by atoms with E-state index in [-0.39, 0.29) is 37.4 Å². The van der Waals surface area contributed by atoms with E-state index < -0.39 is 11.7 Å². The summed E-state index contributed by atoms with van der Waals surface area (Å²) in [6.45, 7) is 5.95. The van der Waals surface area contributed by atoms with E-state index in [4.69, 9.17) is 21.1 Å². The van der Waals surface area contributed by atoms with Gasteiger partial charge in [0.1, 0.15) is 18.1 Å². The highest BCUT2D eigenvalue weighted by molar-refractivity contribution is 6.31. The topological polar surface area (TPSA) is 52.5 Å². The molecule has 0 bridgehead atoms. The van der Waals surface area contributed by atoms with Gasteiger partial charge in [-0.2, -0.15) is 13.2 Å². The van der Waals surface area contributed by atoms with E-state index in [0.29, 0.717) is 27.6 Å². The van der Waals surface area contributed by atoms with Crippen LogP contribution in [0.25, 0.3) is 10.9 Å². The van der Waals surface area contributed by atoms with Gasteiger partial charge in [-0.15, -0.1) is 0 Å². The summed E-state index contributed by atoms with van der Waals surface area (Å²) < 4.78 is 51.9. The lowest BCUT2D eigenvalue weighted by Gasteiger charge is -2.15. The SMILES string of the molecule is C=C(/C=C(\C=C/C)C(F)(F)F)CNCc1cc2ccc(Cl)cc2n(CCOc2ccc(OC)cc2)c1=O. The predicted molar refractivity (Wildman–Crippen MR) is 142 cm³/mol. The molecule has 0 unspecified atom stereocenters. The van der Waals surface area contributed by atoms with E-state index >= 15 is 0 Å². The number of nitrogens with zero attached hydrogens (tertiary/aromatic N) is 1. The van der Waals surface area contributed by atoms with Gasteiger partial charge in [-0.25, -0.2) is 0 Å². The molecule has 0 aliphatic rings. The van der Waals surface area contributed by atoms with Crippen molar-refractivity contribution in [3.63, 3.8) is 0 Å². The summed E-state index contributed by atoms with van der Waals surface area (Å²) in [7, 11) is 1.58.